The standard InChI is InChI=1S/C10H10FNOS/c1-6(10(12)13)4-7-2-3-9(14)8(11)5-7/h2-3,5,14H,1,4H2,(H2,12,13). The second kappa shape index (κ2) is 4.28. The Morgan fingerprint density at radius 1 is 1.57 bits per heavy atom. The minimum Gasteiger partial charge on any atom is -0.366 e. The Bertz CT molecular complexity index is 390. The van der Waals surface area contributed by atoms with E-state index in [0.29, 0.717) is 5.56 Å². The Labute approximate surface area is 87.0 Å². The second-order valence-electron chi connectivity index (χ2n) is 2.93. The highest BCUT2D eigenvalue weighted by Gasteiger charge is 2.05. The van der Waals surface area contributed by atoms with Gasteiger partial charge in [-0.05, 0) is 17.7 Å². The average Bonchev–Trinajstić information content (AvgIpc) is 2.11. The van der Waals surface area contributed by atoms with E-state index in [2.05, 4.69) is 19.2 Å². The minimum absolute atomic E-state index is 0.260. The molecule has 0 fully saturated rings. The molecule has 0 aliphatic heterocycles. The van der Waals surface area contributed by atoms with E-state index < -0.39 is 11.7 Å². The summed E-state index contributed by atoms with van der Waals surface area (Å²) < 4.78 is 13.0. The van der Waals surface area contributed by atoms with Crippen molar-refractivity contribution in [2.45, 2.75) is 11.3 Å². The Hall–Kier alpha value is -1.29. The summed E-state index contributed by atoms with van der Waals surface area (Å²) in [6.07, 6.45) is 0.264. The van der Waals surface area contributed by atoms with E-state index in [-0.39, 0.29) is 16.9 Å². The molecule has 0 aliphatic carbocycles. The summed E-state index contributed by atoms with van der Waals surface area (Å²) in [4.78, 5) is 10.9. The normalized spacial score (nSPS) is 9.86. The lowest BCUT2D eigenvalue weighted by molar-refractivity contribution is -0.114. The van der Waals surface area contributed by atoms with Crippen LogP contribution in [0.25, 0.3) is 0 Å². The largest absolute Gasteiger partial charge is 0.366 e. The molecule has 1 aromatic carbocycles. The van der Waals surface area contributed by atoms with Gasteiger partial charge in [0.25, 0.3) is 0 Å². The summed E-state index contributed by atoms with van der Waals surface area (Å²) in [5.74, 6) is -0.983. The fourth-order valence-electron chi connectivity index (χ4n) is 0.994. The van der Waals surface area contributed by atoms with Crippen LogP contribution in [0.15, 0.2) is 35.2 Å². The van der Waals surface area contributed by atoms with Crippen LogP contribution >= 0.6 is 12.6 Å². The lowest BCUT2D eigenvalue weighted by Gasteiger charge is -2.03. The van der Waals surface area contributed by atoms with E-state index in [9.17, 15) is 9.18 Å². The molecule has 0 unspecified atom stereocenters. The van der Waals surface area contributed by atoms with Crippen LogP contribution in [-0.4, -0.2) is 5.91 Å². The topological polar surface area (TPSA) is 43.1 Å². The van der Waals surface area contributed by atoms with E-state index in [1.807, 2.05) is 0 Å². The highest BCUT2D eigenvalue weighted by atomic mass is 32.1. The van der Waals surface area contributed by atoms with Gasteiger partial charge in [-0.25, -0.2) is 4.39 Å². The summed E-state index contributed by atoms with van der Waals surface area (Å²) >= 11 is 3.89. The predicted molar refractivity (Wildman–Crippen MR) is 55.7 cm³/mol. The third kappa shape index (κ3) is 2.60. The van der Waals surface area contributed by atoms with Gasteiger partial charge in [0.15, 0.2) is 0 Å². The zero-order valence-electron chi connectivity index (χ0n) is 7.46. The van der Waals surface area contributed by atoms with Crippen molar-refractivity contribution in [3.63, 3.8) is 0 Å². The number of primary amides is 1. The lowest BCUT2D eigenvalue weighted by atomic mass is 10.1. The van der Waals surface area contributed by atoms with Crippen LogP contribution in [0.1, 0.15) is 5.56 Å². The zero-order chi connectivity index (χ0) is 10.7. The molecular formula is C10H10FNOS. The van der Waals surface area contributed by atoms with Crippen molar-refractivity contribution >= 4 is 18.5 Å². The van der Waals surface area contributed by atoms with Crippen molar-refractivity contribution in [1.82, 2.24) is 0 Å². The zero-order valence-corrected chi connectivity index (χ0v) is 8.35. The molecule has 0 atom stereocenters. The third-order valence-corrected chi connectivity index (χ3v) is 2.14. The fourth-order valence-corrected chi connectivity index (χ4v) is 1.13. The van der Waals surface area contributed by atoms with E-state index in [0.717, 1.165) is 0 Å². The Kier molecular flexibility index (Phi) is 3.30. The molecule has 2 nitrogen and oxygen atoms in total. The van der Waals surface area contributed by atoms with Gasteiger partial charge in [0.05, 0.1) is 0 Å². The van der Waals surface area contributed by atoms with Gasteiger partial charge < -0.3 is 5.73 Å². The Morgan fingerprint density at radius 3 is 2.71 bits per heavy atom. The first-order chi connectivity index (χ1) is 6.50. The van der Waals surface area contributed by atoms with Crippen LogP contribution in [0, 0.1) is 5.82 Å². The molecule has 0 saturated carbocycles. The van der Waals surface area contributed by atoms with E-state index in [1.54, 1.807) is 6.07 Å². The van der Waals surface area contributed by atoms with Crippen LogP contribution in [0.5, 0.6) is 0 Å². The number of amides is 1. The Balaban J connectivity index is 2.83. The summed E-state index contributed by atoms with van der Waals surface area (Å²) in [7, 11) is 0. The van der Waals surface area contributed by atoms with Crippen molar-refractivity contribution in [1.29, 1.82) is 0 Å². The van der Waals surface area contributed by atoms with Gasteiger partial charge in [-0.15, -0.1) is 12.6 Å². The molecule has 1 amide bonds. The predicted octanol–water partition coefficient (Wildman–Crippen LogP) is 1.70. The van der Waals surface area contributed by atoms with Crippen molar-refractivity contribution in [3.05, 3.63) is 41.7 Å². The molecule has 74 valence electrons. The van der Waals surface area contributed by atoms with Crippen LogP contribution in [0.2, 0.25) is 0 Å². The van der Waals surface area contributed by atoms with Gasteiger partial charge in [-0.2, -0.15) is 0 Å². The molecule has 0 aliphatic rings. The quantitative estimate of drug-likeness (QED) is 0.580. The summed E-state index contributed by atoms with van der Waals surface area (Å²) in [5, 5.41) is 0. The average molecular weight is 211 g/mol. The first-order valence-corrected chi connectivity index (χ1v) is 4.40. The maximum atomic E-state index is 13.0. The lowest BCUT2D eigenvalue weighted by Crippen LogP contribution is -2.14. The molecule has 0 aromatic heterocycles. The molecule has 2 N–H and O–H groups in total. The molecule has 0 saturated heterocycles. The highest BCUT2D eigenvalue weighted by Crippen LogP contribution is 2.15. The van der Waals surface area contributed by atoms with E-state index in [4.69, 9.17) is 5.73 Å². The number of halogens is 1. The molecule has 1 aromatic rings. The summed E-state index contributed by atoms with van der Waals surface area (Å²) in [6, 6.07) is 4.53. The third-order valence-electron chi connectivity index (χ3n) is 1.78. The summed E-state index contributed by atoms with van der Waals surface area (Å²) in [5.41, 5.74) is 5.92. The first-order valence-electron chi connectivity index (χ1n) is 3.95. The van der Waals surface area contributed by atoms with Gasteiger partial charge in [0, 0.05) is 16.9 Å². The molecular weight excluding hydrogens is 201 g/mol. The number of hydrogen-bond acceptors (Lipinski definition) is 2. The number of rotatable bonds is 3. The second-order valence-corrected chi connectivity index (χ2v) is 3.41. The number of nitrogens with two attached hydrogens (primary N) is 1. The molecule has 0 spiro atoms. The van der Waals surface area contributed by atoms with Gasteiger partial charge in [-0.3, -0.25) is 4.79 Å². The van der Waals surface area contributed by atoms with Crippen LogP contribution in [0.4, 0.5) is 4.39 Å². The molecule has 1 rings (SSSR count). The van der Waals surface area contributed by atoms with Crippen LogP contribution in [-0.2, 0) is 11.2 Å². The van der Waals surface area contributed by atoms with E-state index in [1.165, 1.54) is 12.1 Å². The van der Waals surface area contributed by atoms with Gasteiger partial charge >= 0.3 is 0 Å². The Morgan fingerprint density at radius 2 is 2.21 bits per heavy atom. The number of benzene rings is 1. The van der Waals surface area contributed by atoms with Crippen molar-refractivity contribution in [2.24, 2.45) is 5.73 Å². The maximum Gasteiger partial charge on any atom is 0.244 e. The molecule has 0 heterocycles. The van der Waals surface area contributed by atoms with Gasteiger partial charge in [0.1, 0.15) is 5.82 Å². The highest BCUT2D eigenvalue weighted by molar-refractivity contribution is 7.80. The van der Waals surface area contributed by atoms with Gasteiger partial charge in [0.2, 0.25) is 5.91 Å². The smallest absolute Gasteiger partial charge is 0.244 e. The van der Waals surface area contributed by atoms with E-state index >= 15 is 0 Å². The molecule has 4 heteroatoms. The monoisotopic (exact) mass is 211 g/mol. The molecule has 0 radical (unpaired) electrons. The fraction of sp³-hybridized carbons (Fsp3) is 0.100. The number of hydrogen-bond donors (Lipinski definition) is 2. The number of carbonyl (C=O) groups excluding carboxylic acids is 1. The number of carbonyl (C=O) groups is 1. The van der Waals surface area contributed by atoms with Crippen LogP contribution < -0.4 is 5.73 Å². The van der Waals surface area contributed by atoms with Crippen LogP contribution in [0.3, 0.4) is 0 Å². The SMILES string of the molecule is C=C(Cc1ccc(S)c(F)c1)C(N)=O. The number of thiol groups is 1. The maximum absolute atomic E-state index is 13.0. The van der Waals surface area contributed by atoms with Crippen molar-refractivity contribution in [3.8, 4) is 0 Å². The first kappa shape index (κ1) is 10.8. The molecule has 14 heavy (non-hydrogen) atoms. The van der Waals surface area contributed by atoms with Crippen molar-refractivity contribution < 1.29 is 9.18 Å². The van der Waals surface area contributed by atoms with Crippen molar-refractivity contribution in [2.75, 3.05) is 0 Å². The summed E-state index contributed by atoms with van der Waals surface area (Å²) in [6.45, 7) is 3.49. The minimum atomic E-state index is -0.569. The van der Waals surface area contributed by atoms with Gasteiger partial charge in [-0.1, -0.05) is 12.6 Å². The molecule has 0 bridgehead atoms.